The van der Waals surface area contributed by atoms with Crippen molar-refractivity contribution in [3.8, 4) is 11.1 Å². The predicted molar refractivity (Wildman–Crippen MR) is 121 cm³/mol. The molecule has 2 atom stereocenters. The Morgan fingerprint density at radius 2 is 2.17 bits per heavy atom. The Bertz CT molecular complexity index is 1020. The highest BCUT2D eigenvalue weighted by Gasteiger charge is 2.23. The molecule has 7 nitrogen and oxygen atoms in total. The third-order valence-corrected chi connectivity index (χ3v) is 5.65. The number of urea groups is 1. The number of aromatic amines is 1. The number of halogens is 1. The van der Waals surface area contributed by atoms with Crippen molar-refractivity contribution in [1.29, 1.82) is 0 Å². The minimum atomic E-state index is -0.0846. The lowest BCUT2D eigenvalue weighted by atomic mass is 9.91. The van der Waals surface area contributed by atoms with Crippen LogP contribution in [0.3, 0.4) is 0 Å². The first-order chi connectivity index (χ1) is 14.6. The quantitative estimate of drug-likeness (QED) is 0.429. The molecule has 3 aromatic rings. The van der Waals surface area contributed by atoms with Crippen molar-refractivity contribution in [2.45, 2.75) is 51.1 Å². The Morgan fingerprint density at radius 1 is 1.30 bits per heavy atom. The maximum atomic E-state index is 12.0. The van der Waals surface area contributed by atoms with E-state index in [1.54, 1.807) is 6.20 Å². The van der Waals surface area contributed by atoms with Crippen LogP contribution in [0.15, 0.2) is 36.7 Å². The van der Waals surface area contributed by atoms with Crippen molar-refractivity contribution in [3.63, 3.8) is 0 Å². The zero-order chi connectivity index (χ0) is 20.9. The van der Waals surface area contributed by atoms with Gasteiger partial charge in [0.15, 0.2) is 0 Å². The molecule has 2 unspecified atom stereocenters. The Hall–Kier alpha value is -2.80. The van der Waals surface area contributed by atoms with Gasteiger partial charge in [-0.25, -0.2) is 14.8 Å². The van der Waals surface area contributed by atoms with Crippen molar-refractivity contribution in [2.24, 2.45) is 0 Å². The molecule has 0 radical (unpaired) electrons. The van der Waals surface area contributed by atoms with Gasteiger partial charge in [-0.3, -0.25) is 0 Å². The summed E-state index contributed by atoms with van der Waals surface area (Å²) in [6.45, 7) is 2.73. The van der Waals surface area contributed by atoms with E-state index in [9.17, 15) is 4.79 Å². The summed E-state index contributed by atoms with van der Waals surface area (Å²) in [5, 5.41) is 11.0. The number of pyridine rings is 2. The highest BCUT2D eigenvalue weighted by atomic mass is 35.5. The summed E-state index contributed by atoms with van der Waals surface area (Å²) in [6, 6.07) is 8.16. The van der Waals surface area contributed by atoms with E-state index in [0.29, 0.717) is 11.7 Å². The van der Waals surface area contributed by atoms with Gasteiger partial charge in [-0.2, -0.15) is 0 Å². The van der Waals surface area contributed by atoms with E-state index in [0.717, 1.165) is 60.1 Å². The molecular formula is C22H27ClN6O. The van der Waals surface area contributed by atoms with Crippen LogP contribution in [0.2, 0.25) is 5.15 Å². The van der Waals surface area contributed by atoms with Crippen LogP contribution in [0.1, 0.15) is 39.0 Å². The number of H-pyrrole nitrogens is 1. The van der Waals surface area contributed by atoms with Gasteiger partial charge >= 0.3 is 6.03 Å². The third-order valence-electron chi connectivity index (χ3n) is 5.45. The molecule has 30 heavy (non-hydrogen) atoms. The maximum Gasteiger partial charge on any atom is 0.315 e. The number of nitrogens with zero attached hydrogens (tertiary/aromatic N) is 2. The van der Waals surface area contributed by atoms with Gasteiger partial charge in [0.1, 0.15) is 16.6 Å². The van der Waals surface area contributed by atoms with Crippen LogP contribution >= 0.6 is 11.6 Å². The normalized spacial score (nSPS) is 18.9. The fraction of sp³-hybridized carbons (Fsp3) is 0.409. The van der Waals surface area contributed by atoms with E-state index >= 15 is 0 Å². The monoisotopic (exact) mass is 426 g/mol. The maximum absolute atomic E-state index is 12.0. The van der Waals surface area contributed by atoms with Crippen LogP contribution in [0, 0.1) is 0 Å². The topological polar surface area (TPSA) is 94.7 Å². The zero-order valence-electron chi connectivity index (χ0n) is 17.0. The number of rotatable bonds is 6. The summed E-state index contributed by atoms with van der Waals surface area (Å²) in [5.41, 5.74) is 2.87. The fourth-order valence-electron chi connectivity index (χ4n) is 4.06. The Kier molecular flexibility index (Phi) is 6.38. The summed E-state index contributed by atoms with van der Waals surface area (Å²) in [6.07, 6.45) is 8.59. The summed E-state index contributed by atoms with van der Waals surface area (Å²) >= 11 is 6.34. The number of anilines is 1. The number of hydrogen-bond donors (Lipinski definition) is 4. The van der Waals surface area contributed by atoms with Gasteiger partial charge in [-0.1, -0.05) is 18.5 Å². The number of aromatic nitrogens is 3. The molecule has 1 aliphatic rings. The first-order valence-electron chi connectivity index (χ1n) is 10.5. The van der Waals surface area contributed by atoms with E-state index in [-0.39, 0.29) is 18.1 Å². The molecular weight excluding hydrogens is 400 g/mol. The average molecular weight is 427 g/mol. The molecule has 3 aromatic heterocycles. The van der Waals surface area contributed by atoms with E-state index in [1.165, 1.54) is 0 Å². The second kappa shape index (κ2) is 9.34. The van der Waals surface area contributed by atoms with Gasteiger partial charge < -0.3 is 20.9 Å². The average Bonchev–Trinajstić information content (AvgIpc) is 3.16. The second-order valence-electron chi connectivity index (χ2n) is 7.77. The molecule has 8 heteroatoms. The number of carbonyl (C=O) groups is 1. The summed E-state index contributed by atoms with van der Waals surface area (Å²) in [7, 11) is 0. The highest BCUT2D eigenvalue weighted by molar-refractivity contribution is 6.29. The van der Waals surface area contributed by atoms with Gasteiger partial charge in [0.05, 0.1) is 0 Å². The van der Waals surface area contributed by atoms with Crippen LogP contribution in [0.25, 0.3) is 22.2 Å². The molecule has 1 aliphatic carbocycles. The predicted octanol–water partition coefficient (Wildman–Crippen LogP) is 4.71. The lowest BCUT2D eigenvalue weighted by Crippen LogP contribution is -2.46. The highest BCUT2D eigenvalue weighted by Crippen LogP contribution is 2.31. The van der Waals surface area contributed by atoms with Crippen molar-refractivity contribution in [1.82, 2.24) is 25.6 Å². The van der Waals surface area contributed by atoms with Crippen LogP contribution in [-0.2, 0) is 0 Å². The molecule has 0 saturated heterocycles. The van der Waals surface area contributed by atoms with Gasteiger partial charge in [-0.05, 0) is 61.9 Å². The lowest BCUT2D eigenvalue weighted by Gasteiger charge is -2.30. The molecule has 3 heterocycles. The second-order valence-corrected chi connectivity index (χ2v) is 8.16. The molecule has 2 amide bonds. The molecule has 4 rings (SSSR count). The largest absolute Gasteiger partial charge is 0.367 e. The standard InChI is InChI=1S/C22H27ClN6O/c1-2-8-25-22(30)28-16-6-3-5-15(12-16)27-20-11-14(10-19(23)29-20)18-13-26-21-17(18)7-4-9-24-21/h4,7,9-11,13,15-16H,2-3,5-6,8,12H2,1H3,(H,24,26)(H,27,29)(H2,25,28,30). The van der Waals surface area contributed by atoms with Crippen LogP contribution in [0.5, 0.6) is 0 Å². The van der Waals surface area contributed by atoms with Crippen molar-refractivity contribution in [3.05, 3.63) is 41.8 Å². The van der Waals surface area contributed by atoms with Crippen molar-refractivity contribution >= 4 is 34.5 Å². The van der Waals surface area contributed by atoms with Crippen molar-refractivity contribution < 1.29 is 4.79 Å². The van der Waals surface area contributed by atoms with Gasteiger partial charge in [-0.15, -0.1) is 0 Å². The molecule has 0 aromatic carbocycles. The third kappa shape index (κ3) is 4.84. The molecule has 1 fully saturated rings. The summed E-state index contributed by atoms with van der Waals surface area (Å²) < 4.78 is 0. The summed E-state index contributed by atoms with van der Waals surface area (Å²) in [5.74, 6) is 0.747. The smallest absolute Gasteiger partial charge is 0.315 e. The number of carbonyl (C=O) groups excluding carboxylic acids is 1. The van der Waals surface area contributed by atoms with E-state index in [1.807, 2.05) is 37.4 Å². The van der Waals surface area contributed by atoms with Crippen LogP contribution in [-0.4, -0.2) is 39.6 Å². The summed E-state index contributed by atoms with van der Waals surface area (Å²) in [4.78, 5) is 24.0. The molecule has 0 bridgehead atoms. The van der Waals surface area contributed by atoms with Gasteiger partial charge in [0.25, 0.3) is 0 Å². The first kappa shape index (κ1) is 20.5. The first-order valence-corrected chi connectivity index (χ1v) is 10.9. The Morgan fingerprint density at radius 3 is 3.03 bits per heavy atom. The van der Waals surface area contributed by atoms with Gasteiger partial charge in [0.2, 0.25) is 0 Å². The lowest BCUT2D eigenvalue weighted by molar-refractivity contribution is 0.231. The molecule has 4 N–H and O–H groups in total. The Labute approximate surface area is 181 Å². The fourth-order valence-corrected chi connectivity index (χ4v) is 4.27. The molecule has 1 saturated carbocycles. The Balaban J connectivity index is 1.46. The number of amides is 2. The van der Waals surface area contributed by atoms with E-state index < -0.39 is 0 Å². The number of hydrogen-bond acceptors (Lipinski definition) is 4. The van der Waals surface area contributed by atoms with E-state index in [4.69, 9.17) is 11.6 Å². The van der Waals surface area contributed by atoms with Crippen molar-refractivity contribution in [2.75, 3.05) is 11.9 Å². The molecule has 0 spiro atoms. The SMILES string of the molecule is CCCNC(=O)NC1CCCC(Nc2cc(-c3c[nH]c4ncccc34)cc(Cl)n2)C1. The van der Waals surface area contributed by atoms with Crippen LogP contribution in [0.4, 0.5) is 10.6 Å². The van der Waals surface area contributed by atoms with Crippen LogP contribution < -0.4 is 16.0 Å². The molecule has 158 valence electrons. The molecule has 0 aliphatic heterocycles. The van der Waals surface area contributed by atoms with Gasteiger partial charge in [0, 0.05) is 42.0 Å². The number of nitrogens with one attached hydrogen (secondary N) is 4. The zero-order valence-corrected chi connectivity index (χ0v) is 17.8. The minimum Gasteiger partial charge on any atom is -0.367 e. The minimum absolute atomic E-state index is 0.0846. The van der Waals surface area contributed by atoms with E-state index in [2.05, 4.69) is 30.9 Å². The number of fused-ring (bicyclic) bond motifs is 1.